The molecule has 1 N–H and O–H groups in total. The van der Waals surface area contributed by atoms with Gasteiger partial charge in [-0.3, -0.25) is 0 Å². The molecule has 2 fully saturated rings. The van der Waals surface area contributed by atoms with Gasteiger partial charge in [0, 0.05) is 32.3 Å². The Morgan fingerprint density at radius 3 is 2.83 bits per heavy atom. The number of amides is 1. The average Bonchev–Trinajstić information content (AvgIpc) is 2.44. The van der Waals surface area contributed by atoms with Crippen molar-refractivity contribution in [2.24, 2.45) is 5.41 Å². The Morgan fingerprint density at radius 1 is 1.43 bits per heavy atom. The molecular weight excluding hydrogens is 292 g/mol. The van der Waals surface area contributed by atoms with Gasteiger partial charge in [-0.15, -0.1) is 0 Å². The standard InChI is InChI=1S/C18H34N2O3/c1-14-11-15(7-10-22-14)19-12-18(5)8-6-9-20(13-18)16(21)23-17(2,3)4/h14-15,19H,6-13H2,1-5H3. The minimum Gasteiger partial charge on any atom is -0.444 e. The first-order chi connectivity index (χ1) is 10.7. The molecule has 0 aromatic rings. The van der Waals surface area contributed by atoms with Gasteiger partial charge < -0.3 is 19.7 Å². The van der Waals surface area contributed by atoms with Gasteiger partial charge in [0.15, 0.2) is 0 Å². The second kappa shape index (κ2) is 7.39. The highest BCUT2D eigenvalue weighted by Crippen LogP contribution is 2.30. The molecule has 0 radical (unpaired) electrons. The van der Waals surface area contributed by atoms with Crippen molar-refractivity contribution in [3.8, 4) is 0 Å². The zero-order chi connectivity index (χ0) is 17.1. The largest absolute Gasteiger partial charge is 0.444 e. The molecule has 0 aliphatic carbocycles. The summed E-state index contributed by atoms with van der Waals surface area (Å²) < 4.78 is 11.1. The predicted octanol–water partition coefficient (Wildman–Crippen LogP) is 3.18. The summed E-state index contributed by atoms with van der Waals surface area (Å²) in [6.07, 6.45) is 4.52. The molecule has 0 saturated carbocycles. The van der Waals surface area contributed by atoms with E-state index in [0.29, 0.717) is 12.1 Å². The van der Waals surface area contributed by atoms with Crippen LogP contribution in [0.5, 0.6) is 0 Å². The molecule has 5 heteroatoms. The Morgan fingerprint density at radius 2 is 2.17 bits per heavy atom. The van der Waals surface area contributed by atoms with Crippen molar-refractivity contribution in [3.63, 3.8) is 0 Å². The van der Waals surface area contributed by atoms with Crippen molar-refractivity contribution in [1.29, 1.82) is 0 Å². The van der Waals surface area contributed by atoms with Crippen molar-refractivity contribution >= 4 is 6.09 Å². The number of carbonyl (C=O) groups excluding carboxylic acids is 1. The first-order valence-electron chi connectivity index (χ1n) is 9.00. The van der Waals surface area contributed by atoms with Gasteiger partial charge in [0.1, 0.15) is 5.60 Å². The van der Waals surface area contributed by atoms with Gasteiger partial charge in [-0.2, -0.15) is 0 Å². The van der Waals surface area contributed by atoms with E-state index >= 15 is 0 Å². The smallest absolute Gasteiger partial charge is 0.410 e. The van der Waals surface area contributed by atoms with E-state index in [-0.39, 0.29) is 11.5 Å². The van der Waals surface area contributed by atoms with E-state index in [1.807, 2.05) is 25.7 Å². The van der Waals surface area contributed by atoms with Crippen molar-refractivity contribution in [2.75, 3.05) is 26.2 Å². The van der Waals surface area contributed by atoms with Crippen LogP contribution >= 0.6 is 0 Å². The number of nitrogens with one attached hydrogen (secondary N) is 1. The summed E-state index contributed by atoms with van der Waals surface area (Å²) in [4.78, 5) is 14.2. The molecule has 0 aromatic carbocycles. The van der Waals surface area contributed by atoms with E-state index in [2.05, 4.69) is 19.2 Å². The minimum atomic E-state index is -0.429. The van der Waals surface area contributed by atoms with Gasteiger partial charge in [0.25, 0.3) is 0 Å². The van der Waals surface area contributed by atoms with Gasteiger partial charge >= 0.3 is 6.09 Å². The fraction of sp³-hybridized carbons (Fsp3) is 0.944. The SMILES string of the molecule is CC1CC(NCC2(C)CCCN(C(=O)OC(C)(C)C)C2)CCO1. The van der Waals surface area contributed by atoms with E-state index < -0.39 is 5.60 Å². The van der Waals surface area contributed by atoms with Gasteiger partial charge in [-0.05, 0) is 58.8 Å². The second-order valence-electron chi connectivity index (χ2n) is 8.60. The lowest BCUT2D eigenvalue weighted by Gasteiger charge is -2.42. The van der Waals surface area contributed by atoms with Crippen LogP contribution in [0.4, 0.5) is 4.79 Å². The molecule has 0 spiro atoms. The van der Waals surface area contributed by atoms with Crippen LogP contribution in [0, 0.1) is 5.41 Å². The lowest BCUT2D eigenvalue weighted by Crippen LogP contribution is -2.52. The Hall–Kier alpha value is -0.810. The van der Waals surface area contributed by atoms with E-state index in [0.717, 1.165) is 51.9 Å². The molecule has 134 valence electrons. The number of rotatable bonds is 3. The number of hydrogen-bond acceptors (Lipinski definition) is 4. The zero-order valence-corrected chi connectivity index (χ0v) is 15.5. The van der Waals surface area contributed by atoms with Crippen LogP contribution in [0.25, 0.3) is 0 Å². The fourth-order valence-corrected chi connectivity index (χ4v) is 3.52. The Balaban J connectivity index is 1.84. The van der Waals surface area contributed by atoms with Crippen LogP contribution < -0.4 is 5.32 Å². The third-order valence-corrected chi connectivity index (χ3v) is 4.74. The van der Waals surface area contributed by atoms with Crippen molar-refractivity contribution in [3.05, 3.63) is 0 Å². The summed E-state index contributed by atoms with van der Waals surface area (Å²) in [6.45, 7) is 13.5. The van der Waals surface area contributed by atoms with Crippen LogP contribution in [0.3, 0.4) is 0 Å². The van der Waals surface area contributed by atoms with Crippen LogP contribution in [0.15, 0.2) is 0 Å². The molecule has 3 unspecified atom stereocenters. The normalized spacial score (nSPS) is 32.7. The first-order valence-corrected chi connectivity index (χ1v) is 9.00. The maximum absolute atomic E-state index is 12.3. The molecule has 23 heavy (non-hydrogen) atoms. The average molecular weight is 326 g/mol. The Kier molecular flexibility index (Phi) is 5.95. The highest BCUT2D eigenvalue weighted by molar-refractivity contribution is 5.68. The summed E-state index contributed by atoms with van der Waals surface area (Å²) >= 11 is 0. The molecule has 3 atom stereocenters. The van der Waals surface area contributed by atoms with Crippen LogP contribution in [-0.2, 0) is 9.47 Å². The molecule has 2 aliphatic rings. The highest BCUT2D eigenvalue weighted by Gasteiger charge is 2.35. The number of hydrogen-bond donors (Lipinski definition) is 1. The quantitative estimate of drug-likeness (QED) is 0.865. The molecular formula is C18H34N2O3. The van der Waals surface area contributed by atoms with Gasteiger partial charge in [-0.25, -0.2) is 4.79 Å². The topological polar surface area (TPSA) is 50.8 Å². The number of nitrogens with zero attached hydrogens (tertiary/aromatic N) is 1. The molecule has 5 nitrogen and oxygen atoms in total. The van der Waals surface area contributed by atoms with Gasteiger partial charge in [-0.1, -0.05) is 6.92 Å². The van der Waals surface area contributed by atoms with Crippen molar-refractivity contribution in [1.82, 2.24) is 10.2 Å². The summed E-state index contributed by atoms with van der Waals surface area (Å²) in [6, 6.07) is 0.535. The van der Waals surface area contributed by atoms with Crippen LogP contribution in [-0.4, -0.2) is 55.0 Å². The molecule has 2 aliphatic heterocycles. The Labute approximate surface area is 141 Å². The summed E-state index contributed by atoms with van der Waals surface area (Å²) in [5.74, 6) is 0. The first kappa shape index (κ1) is 18.5. The van der Waals surface area contributed by atoms with Gasteiger partial charge in [0.2, 0.25) is 0 Å². The third kappa shape index (κ3) is 5.96. The molecule has 2 saturated heterocycles. The van der Waals surface area contributed by atoms with Crippen LogP contribution in [0.1, 0.15) is 60.3 Å². The molecule has 0 aromatic heterocycles. The van der Waals surface area contributed by atoms with E-state index in [1.165, 1.54) is 0 Å². The summed E-state index contributed by atoms with van der Waals surface area (Å²) in [5.41, 5.74) is -0.307. The lowest BCUT2D eigenvalue weighted by atomic mass is 9.81. The van der Waals surface area contributed by atoms with Crippen LogP contribution in [0.2, 0.25) is 0 Å². The lowest BCUT2D eigenvalue weighted by molar-refractivity contribution is 0.000253. The molecule has 1 amide bonds. The van der Waals surface area contributed by atoms with E-state index in [1.54, 1.807) is 0 Å². The third-order valence-electron chi connectivity index (χ3n) is 4.74. The van der Waals surface area contributed by atoms with Crippen molar-refractivity contribution in [2.45, 2.75) is 78.0 Å². The highest BCUT2D eigenvalue weighted by atomic mass is 16.6. The summed E-state index contributed by atoms with van der Waals surface area (Å²) in [7, 11) is 0. The number of carbonyl (C=O) groups is 1. The van der Waals surface area contributed by atoms with E-state index in [9.17, 15) is 4.79 Å². The fourth-order valence-electron chi connectivity index (χ4n) is 3.52. The zero-order valence-electron chi connectivity index (χ0n) is 15.5. The minimum absolute atomic E-state index is 0.122. The predicted molar refractivity (Wildman–Crippen MR) is 91.6 cm³/mol. The molecule has 2 heterocycles. The Bertz CT molecular complexity index is 408. The molecule has 2 rings (SSSR count). The second-order valence-corrected chi connectivity index (χ2v) is 8.60. The van der Waals surface area contributed by atoms with Gasteiger partial charge in [0.05, 0.1) is 6.10 Å². The molecule has 0 bridgehead atoms. The monoisotopic (exact) mass is 326 g/mol. The maximum atomic E-state index is 12.3. The van der Waals surface area contributed by atoms with Crippen molar-refractivity contribution < 1.29 is 14.3 Å². The number of likely N-dealkylation sites (tertiary alicyclic amines) is 1. The number of piperidine rings is 1. The number of ether oxygens (including phenoxy) is 2. The van der Waals surface area contributed by atoms with E-state index in [4.69, 9.17) is 9.47 Å². The summed E-state index contributed by atoms with van der Waals surface area (Å²) in [5, 5.41) is 3.71. The maximum Gasteiger partial charge on any atom is 0.410 e.